The molecule has 6 heteroatoms. The highest BCUT2D eigenvalue weighted by atomic mass is 35.5. The first-order chi connectivity index (χ1) is 14.6. The number of benzene rings is 2. The van der Waals surface area contributed by atoms with Crippen LogP contribution < -0.4 is 16.3 Å². The van der Waals surface area contributed by atoms with Crippen molar-refractivity contribution in [3.05, 3.63) is 76.0 Å². The molecule has 2 aromatic carbocycles. The number of anilines is 1. The van der Waals surface area contributed by atoms with Crippen LogP contribution in [0.4, 0.5) is 5.69 Å². The number of nitrogens with one attached hydrogen (secondary N) is 2. The summed E-state index contributed by atoms with van der Waals surface area (Å²) in [5, 5.41) is 6.85. The van der Waals surface area contributed by atoms with Crippen molar-refractivity contribution >= 4 is 28.6 Å². The molecular formula is C24H29ClN5+. The summed E-state index contributed by atoms with van der Waals surface area (Å²) in [5.41, 5.74) is 14.4. The third kappa shape index (κ3) is 3.58. The molecule has 30 heavy (non-hydrogen) atoms. The lowest BCUT2D eigenvalue weighted by atomic mass is 9.90. The summed E-state index contributed by atoms with van der Waals surface area (Å²) < 4.78 is 0. The first kappa shape index (κ1) is 19.5. The van der Waals surface area contributed by atoms with Crippen LogP contribution in [0.2, 0.25) is 5.02 Å². The van der Waals surface area contributed by atoms with Gasteiger partial charge in [0, 0.05) is 18.7 Å². The van der Waals surface area contributed by atoms with Gasteiger partial charge >= 0.3 is 0 Å². The minimum absolute atomic E-state index is 0.200. The number of quaternary nitrogens is 1. The van der Waals surface area contributed by atoms with Crippen LogP contribution >= 0.6 is 11.6 Å². The summed E-state index contributed by atoms with van der Waals surface area (Å²) in [7, 11) is 2.18. The summed E-state index contributed by atoms with van der Waals surface area (Å²) in [6.45, 7) is 5.25. The Kier molecular flexibility index (Phi) is 5.19. The third-order valence-corrected chi connectivity index (χ3v) is 6.74. The molecule has 0 amide bonds. The van der Waals surface area contributed by atoms with E-state index in [1.807, 2.05) is 18.2 Å². The van der Waals surface area contributed by atoms with Gasteiger partial charge in [-0.15, -0.1) is 5.53 Å². The van der Waals surface area contributed by atoms with Crippen molar-refractivity contribution in [3.8, 4) is 0 Å². The van der Waals surface area contributed by atoms with Gasteiger partial charge in [-0.1, -0.05) is 41.9 Å². The Balaban J connectivity index is 1.58. The van der Waals surface area contributed by atoms with Gasteiger partial charge in [-0.25, -0.2) is 10.4 Å². The van der Waals surface area contributed by atoms with Gasteiger partial charge in [0.1, 0.15) is 5.70 Å². The summed E-state index contributed by atoms with van der Waals surface area (Å²) in [6, 6.07) is 15.2. The van der Waals surface area contributed by atoms with Gasteiger partial charge in [-0.2, -0.15) is 0 Å². The number of hydrogen-bond acceptors (Lipinski definition) is 4. The number of rotatable bonds is 3. The lowest BCUT2D eigenvalue weighted by Gasteiger charge is -2.25. The molecule has 0 bridgehead atoms. The molecule has 5 nitrogen and oxygen atoms in total. The van der Waals surface area contributed by atoms with E-state index in [0.717, 1.165) is 43.2 Å². The third-order valence-electron chi connectivity index (χ3n) is 6.41. The van der Waals surface area contributed by atoms with Gasteiger partial charge in [-0.05, 0) is 61.7 Å². The van der Waals surface area contributed by atoms with Gasteiger partial charge in [0.25, 0.3) is 0 Å². The maximum atomic E-state index is 6.48. The number of allylic oxidation sites excluding steroid dienone is 1. The quantitative estimate of drug-likeness (QED) is 0.661. The molecule has 0 fully saturated rings. The van der Waals surface area contributed by atoms with Crippen molar-refractivity contribution in [2.45, 2.75) is 25.8 Å². The van der Waals surface area contributed by atoms with Crippen LogP contribution in [0.25, 0.3) is 11.3 Å². The van der Waals surface area contributed by atoms with E-state index >= 15 is 0 Å². The number of para-hydroxylation sites is 1. The predicted molar refractivity (Wildman–Crippen MR) is 123 cm³/mol. The van der Waals surface area contributed by atoms with Crippen LogP contribution in [0.15, 0.2) is 54.2 Å². The molecule has 0 spiro atoms. The largest absolute Gasteiger partial charge is 0.377 e. The van der Waals surface area contributed by atoms with Crippen LogP contribution in [0, 0.1) is 0 Å². The fourth-order valence-electron chi connectivity index (χ4n) is 4.70. The highest BCUT2D eigenvalue weighted by Crippen LogP contribution is 2.38. The molecule has 1 atom stereocenters. The van der Waals surface area contributed by atoms with E-state index in [9.17, 15) is 0 Å². The van der Waals surface area contributed by atoms with Crippen LogP contribution in [0.1, 0.15) is 42.5 Å². The fraction of sp³-hybridized carbons (Fsp3) is 0.333. The predicted octanol–water partition coefficient (Wildman–Crippen LogP) is 3.60. The molecule has 0 aromatic heterocycles. The molecule has 0 saturated carbocycles. The molecular weight excluding hydrogens is 394 g/mol. The second kappa shape index (κ2) is 7.99. The minimum Gasteiger partial charge on any atom is -0.377 e. The highest BCUT2D eigenvalue weighted by Gasteiger charge is 2.33. The van der Waals surface area contributed by atoms with E-state index in [0.29, 0.717) is 0 Å². The Morgan fingerprint density at radius 2 is 2.03 bits per heavy atom. The Morgan fingerprint density at radius 3 is 2.83 bits per heavy atom. The average molecular weight is 423 g/mol. The van der Waals surface area contributed by atoms with Gasteiger partial charge in [0.05, 0.1) is 29.0 Å². The van der Waals surface area contributed by atoms with E-state index in [1.165, 1.54) is 33.7 Å². The monoisotopic (exact) mass is 422 g/mol. The van der Waals surface area contributed by atoms with Gasteiger partial charge in [-0.3, -0.25) is 0 Å². The number of fused-ring (bicyclic) bond motifs is 3. The second-order valence-corrected chi connectivity index (χ2v) is 8.86. The normalized spacial score (nSPS) is 21.5. The van der Waals surface area contributed by atoms with E-state index in [2.05, 4.69) is 70.5 Å². The van der Waals surface area contributed by atoms with Crippen molar-refractivity contribution in [1.29, 1.82) is 0 Å². The molecule has 0 radical (unpaired) electrons. The molecule has 3 heterocycles. The number of likely N-dealkylation sites (N-methyl/N-ethyl adjacent to an activating group) is 1. The molecule has 3 aliphatic heterocycles. The zero-order chi connectivity index (χ0) is 20.7. The van der Waals surface area contributed by atoms with Crippen LogP contribution in [-0.4, -0.2) is 36.6 Å². The van der Waals surface area contributed by atoms with Gasteiger partial charge < -0.3 is 10.2 Å². The molecule has 156 valence electrons. The zero-order valence-electron chi connectivity index (χ0n) is 17.6. The van der Waals surface area contributed by atoms with E-state index < -0.39 is 0 Å². The summed E-state index contributed by atoms with van der Waals surface area (Å²) >= 11 is 6.48. The van der Waals surface area contributed by atoms with E-state index in [-0.39, 0.29) is 6.04 Å². The van der Waals surface area contributed by atoms with Crippen molar-refractivity contribution in [2.75, 3.05) is 32.0 Å². The summed E-state index contributed by atoms with van der Waals surface area (Å²) in [5.74, 6) is 0. The number of nitrogens with two attached hydrogens (primary N) is 1. The zero-order valence-corrected chi connectivity index (χ0v) is 18.3. The number of halogens is 1. The Morgan fingerprint density at radius 1 is 1.17 bits per heavy atom. The minimum atomic E-state index is 0.200. The Hall–Kier alpha value is -2.47. The lowest BCUT2D eigenvalue weighted by molar-refractivity contribution is -0.819. The summed E-state index contributed by atoms with van der Waals surface area (Å²) in [4.78, 5) is 2.36. The van der Waals surface area contributed by atoms with Crippen molar-refractivity contribution < 1.29 is 5.53 Å². The van der Waals surface area contributed by atoms with E-state index in [4.69, 9.17) is 11.6 Å². The molecule has 4 N–H and O–H groups in total. The molecule has 1 unspecified atom stereocenters. The smallest absolute Gasteiger partial charge is 0.122 e. The van der Waals surface area contributed by atoms with Gasteiger partial charge in [0.15, 0.2) is 0 Å². The first-order valence-electron chi connectivity index (χ1n) is 10.7. The topological polar surface area (TPSA) is 47.1 Å². The lowest BCUT2D eigenvalue weighted by Crippen LogP contribution is -2.97. The van der Waals surface area contributed by atoms with Crippen LogP contribution in [-0.2, 0) is 0 Å². The molecule has 3 aliphatic rings. The molecule has 2 aromatic rings. The standard InChI is InChI=1S/C24H28ClN5/c1-16-24-19-8-7-18(17-9-12-29(2)13-10-17)15-20(19)22(11-14-30(24)28-27-16)26-23-6-4-3-5-21(23)25/h3-9,15,22,26-28H,10-14H2,1-2H3/p+1. The molecule has 0 aliphatic carbocycles. The van der Waals surface area contributed by atoms with Crippen molar-refractivity contribution in [1.82, 2.24) is 15.3 Å². The Bertz CT molecular complexity index is 1030. The van der Waals surface area contributed by atoms with Crippen LogP contribution in [0.3, 0.4) is 0 Å². The average Bonchev–Trinajstić information content (AvgIpc) is 3.05. The Labute approximate surface area is 183 Å². The van der Waals surface area contributed by atoms with Crippen LogP contribution in [0.5, 0.6) is 0 Å². The molecule has 0 saturated heterocycles. The van der Waals surface area contributed by atoms with E-state index in [1.54, 1.807) is 0 Å². The SMILES string of the molecule is CC1=C2c3ccc(C4=CCN(C)CC4)cc3C(Nc3ccccc3Cl)CCN2[NH2+]N1. The summed E-state index contributed by atoms with van der Waals surface area (Å²) in [6.07, 6.45) is 4.47. The molecule has 5 rings (SSSR count). The number of nitrogens with zero attached hydrogens (tertiary/aromatic N) is 2. The van der Waals surface area contributed by atoms with Crippen molar-refractivity contribution in [3.63, 3.8) is 0 Å². The van der Waals surface area contributed by atoms with Gasteiger partial charge in [0.2, 0.25) is 0 Å². The maximum Gasteiger partial charge on any atom is 0.122 e. The first-order valence-corrected chi connectivity index (χ1v) is 11.1. The number of hydrogen-bond donors (Lipinski definition) is 3. The maximum absolute atomic E-state index is 6.48. The highest BCUT2D eigenvalue weighted by molar-refractivity contribution is 6.33. The van der Waals surface area contributed by atoms with Crippen molar-refractivity contribution in [2.24, 2.45) is 0 Å². The second-order valence-electron chi connectivity index (χ2n) is 8.45. The fourth-order valence-corrected chi connectivity index (χ4v) is 4.89.